The van der Waals surface area contributed by atoms with Crippen molar-refractivity contribution in [2.24, 2.45) is 0 Å². The Kier molecular flexibility index (Phi) is 6.13. The van der Waals surface area contributed by atoms with E-state index in [2.05, 4.69) is 10.9 Å². The van der Waals surface area contributed by atoms with Crippen molar-refractivity contribution in [2.45, 2.75) is 45.1 Å². The predicted octanol–water partition coefficient (Wildman–Crippen LogP) is 3.28. The van der Waals surface area contributed by atoms with E-state index in [9.17, 15) is 14.4 Å². The zero-order valence-corrected chi connectivity index (χ0v) is 17.3. The van der Waals surface area contributed by atoms with E-state index in [1.807, 2.05) is 6.07 Å². The highest BCUT2D eigenvalue weighted by Crippen LogP contribution is 2.28. The average molecular weight is 426 g/mol. The van der Waals surface area contributed by atoms with Gasteiger partial charge in [-0.05, 0) is 55.5 Å². The number of hydrogen-bond acceptors (Lipinski definition) is 5. The normalized spacial score (nSPS) is 13.7. The van der Waals surface area contributed by atoms with E-state index >= 15 is 0 Å². The maximum Gasteiger partial charge on any atom is 0.305 e. The summed E-state index contributed by atoms with van der Waals surface area (Å²) in [5.41, 5.74) is 5.96. The molecule has 7 nitrogen and oxygen atoms in total. The fourth-order valence-corrected chi connectivity index (χ4v) is 4.69. The molecule has 2 N–H and O–H groups in total. The SMILES string of the molecule is O=C(NNC(=O)c1cc2c(s1)CCCCCC2)c1ccc(Cn2ccccc2=O)o1. The van der Waals surface area contributed by atoms with Gasteiger partial charge in [0, 0.05) is 17.1 Å². The van der Waals surface area contributed by atoms with Gasteiger partial charge < -0.3 is 8.98 Å². The minimum Gasteiger partial charge on any atom is -0.454 e. The Balaban J connectivity index is 1.35. The summed E-state index contributed by atoms with van der Waals surface area (Å²) in [4.78, 5) is 38.4. The van der Waals surface area contributed by atoms with Crippen molar-refractivity contribution in [3.63, 3.8) is 0 Å². The Morgan fingerprint density at radius 3 is 2.63 bits per heavy atom. The Bertz CT molecular complexity index is 1090. The third kappa shape index (κ3) is 4.71. The molecule has 0 unspecified atom stereocenters. The van der Waals surface area contributed by atoms with Gasteiger partial charge in [-0.15, -0.1) is 11.3 Å². The summed E-state index contributed by atoms with van der Waals surface area (Å²) in [6.07, 6.45) is 8.44. The third-order valence-corrected chi connectivity index (χ3v) is 6.36. The van der Waals surface area contributed by atoms with Gasteiger partial charge in [0.15, 0.2) is 5.76 Å². The highest BCUT2D eigenvalue weighted by molar-refractivity contribution is 7.14. The number of thiophene rings is 1. The molecule has 0 atom stereocenters. The number of pyridine rings is 1. The van der Waals surface area contributed by atoms with Gasteiger partial charge in [-0.2, -0.15) is 0 Å². The molecule has 0 radical (unpaired) electrons. The fourth-order valence-electron chi connectivity index (χ4n) is 3.54. The maximum atomic E-state index is 12.5. The van der Waals surface area contributed by atoms with E-state index in [1.165, 1.54) is 51.3 Å². The van der Waals surface area contributed by atoms with Crippen molar-refractivity contribution in [1.29, 1.82) is 0 Å². The van der Waals surface area contributed by atoms with E-state index in [-0.39, 0.29) is 23.8 Å². The number of nitrogens with one attached hydrogen (secondary N) is 2. The Morgan fingerprint density at radius 1 is 1.00 bits per heavy atom. The first-order valence-corrected chi connectivity index (χ1v) is 10.9. The summed E-state index contributed by atoms with van der Waals surface area (Å²) in [7, 11) is 0. The molecule has 30 heavy (non-hydrogen) atoms. The Hall–Kier alpha value is -3.13. The van der Waals surface area contributed by atoms with Crippen LogP contribution in [0, 0.1) is 0 Å². The highest BCUT2D eigenvalue weighted by atomic mass is 32.1. The zero-order chi connectivity index (χ0) is 20.9. The number of aromatic nitrogens is 1. The zero-order valence-electron chi connectivity index (χ0n) is 16.5. The van der Waals surface area contributed by atoms with Gasteiger partial charge in [0.1, 0.15) is 5.76 Å². The number of rotatable bonds is 4. The standard InChI is InChI=1S/C22H23N3O4S/c26-20-9-5-6-12-25(20)14-16-10-11-17(29-16)21(27)23-24-22(28)19-13-15-7-3-1-2-4-8-18(15)30-19/h5-6,9-13H,1-4,7-8,14H2,(H,23,27)(H,24,28). The predicted molar refractivity (Wildman–Crippen MR) is 114 cm³/mol. The molecule has 2 amide bonds. The van der Waals surface area contributed by atoms with Gasteiger partial charge in [0.2, 0.25) is 0 Å². The van der Waals surface area contributed by atoms with Crippen molar-refractivity contribution in [3.8, 4) is 0 Å². The molecule has 0 spiro atoms. The van der Waals surface area contributed by atoms with E-state index in [0.717, 1.165) is 25.7 Å². The second-order valence-corrected chi connectivity index (χ2v) is 8.45. The van der Waals surface area contributed by atoms with E-state index in [4.69, 9.17) is 4.42 Å². The lowest BCUT2D eigenvalue weighted by Gasteiger charge is -2.07. The molecule has 8 heteroatoms. The van der Waals surface area contributed by atoms with Crippen LogP contribution in [-0.4, -0.2) is 16.4 Å². The van der Waals surface area contributed by atoms with Gasteiger partial charge >= 0.3 is 5.91 Å². The van der Waals surface area contributed by atoms with Gasteiger partial charge in [-0.3, -0.25) is 25.2 Å². The average Bonchev–Trinajstić information content (AvgIpc) is 3.35. The van der Waals surface area contributed by atoms with Crippen LogP contribution in [0.25, 0.3) is 0 Å². The van der Waals surface area contributed by atoms with Gasteiger partial charge in [0.25, 0.3) is 11.5 Å². The van der Waals surface area contributed by atoms with Crippen LogP contribution in [0.3, 0.4) is 0 Å². The molecule has 0 saturated carbocycles. The maximum absolute atomic E-state index is 12.5. The molecule has 3 aromatic rings. The number of aryl methyl sites for hydroxylation is 2. The van der Waals surface area contributed by atoms with Crippen LogP contribution < -0.4 is 16.4 Å². The number of nitrogens with zero attached hydrogens (tertiary/aromatic N) is 1. The second-order valence-electron chi connectivity index (χ2n) is 7.31. The number of carbonyl (C=O) groups excluding carboxylic acids is 2. The number of fused-ring (bicyclic) bond motifs is 1. The summed E-state index contributed by atoms with van der Waals surface area (Å²) in [6, 6.07) is 9.96. The Morgan fingerprint density at radius 2 is 1.80 bits per heavy atom. The molecule has 0 bridgehead atoms. The van der Waals surface area contributed by atoms with E-state index in [1.54, 1.807) is 24.4 Å². The van der Waals surface area contributed by atoms with Gasteiger partial charge in [-0.1, -0.05) is 18.9 Å². The largest absolute Gasteiger partial charge is 0.454 e. The molecular formula is C22H23N3O4S. The minimum absolute atomic E-state index is 0.0627. The van der Waals surface area contributed by atoms with Crippen molar-refractivity contribution in [1.82, 2.24) is 15.4 Å². The highest BCUT2D eigenvalue weighted by Gasteiger charge is 2.18. The van der Waals surface area contributed by atoms with Crippen LogP contribution in [0.4, 0.5) is 0 Å². The Labute approximate surface area is 177 Å². The lowest BCUT2D eigenvalue weighted by Crippen LogP contribution is -2.41. The van der Waals surface area contributed by atoms with Crippen LogP contribution in [0.15, 0.2) is 51.8 Å². The van der Waals surface area contributed by atoms with Gasteiger partial charge in [-0.25, -0.2) is 0 Å². The number of furan rings is 1. The first-order valence-electron chi connectivity index (χ1n) is 10.1. The van der Waals surface area contributed by atoms with Crippen molar-refractivity contribution >= 4 is 23.2 Å². The summed E-state index contributed by atoms with van der Waals surface area (Å²) < 4.78 is 6.99. The molecule has 1 aliphatic carbocycles. The molecule has 156 valence electrons. The number of hydrazine groups is 1. The lowest BCUT2D eigenvalue weighted by molar-refractivity contribution is 0.0831. The molecule has 3 aromatic heterocycles. The summed E-state index contributed by atoms with van der Waals surface area (Å²) in [5, 5.41) is 0. The van der Waals surface area contributed by atoms with Crippen LogP contribution in [0.5, 0.6) is 0 Å². The number of amides is 2. The summed E-state index contributed by atoms with van der Waals surface area (Å²) in [6.45, 7) is 0.222. The fraction of sp³-hybridized carbons (Fsp3) is 0.318. The first-order chi connectivity index (χ1) is 14.6. The molecule has 0 aromatic carbocycles. The number of hydrogen-bond donors (Lipinski definition) is 2. The van der Waals surface area contributed by atoms with Crippen LogP contribution >= 0.6 is 11.3 Å². The van der Waals surface area contributed by atoms with Crippen LogP contribution in [-0.2, 0) is 19.4 Å². The molecule has 0 fully saturated rings. The monoisotopic (exact) mass is 425 g/mol. The lowest BCUT2D eigenvalue weighted by atomic mass is 10.00. The summed E-state index contributed by atoms with van der Waals surface area (Å²) in [5.74, 6) is -0.349. The molecule has 0 saturated heterocycles. The van der Waals surface area contributed by atoms with Crippen LogP contribution in [0.2, 0.25) is 0 Å². The topological polar surface area (TPSA) is 93.3 Å². The molecule has 3 heterocycles. The molecule has 4 rings (SSSR count). The van der Waals surface area contributed by atoms with Crippen molar-refractivity contribution in [2.75, 3.05) is 0 Å². The van der Waals surface area contributed by atoms with Crippen LogP contribution in [0.1, 0.15) is 62.1 Å². The van der Waals surface area contributed by atoms with Crippen molar-refractivity contribution in [3.05, 3.63) is 79.8 Å². The third-order valence-electron chi connectivity index (χ3n) is 5.12. The minimum atomic E-state index is -0.551. The molecule has 0 aliphatic heterocycles. The van der Waals surface area contributed by atoms with E-state index in [0.29, 0.717) is 10.6 Å². The van der Waals surface area contributed by atoms with Gasteiger partial charge in [0.05, 0.1) is 11.4 Å². The molecule has 1 aliphatic rings. The quantitative estimate of drug-likeness (QED) is 0.628. The summed E-state index contributed by atoms with van der Waals surface area (Å²) >= 11 is 1.50. The van der Waals surface area contributed by atoms with Crippen molar-refractivity contribution < 1.29 is 14.0 Å². The molecular weight excluding hydrogens is 402 g/mol. The number of carbonyl (C=O) groups is 2. The second kappa shape index (κ2) is 9.13. The smallest absolute Gasteiger partial charge is 0.305 e. The first kappa shape index (κ1) is 20.2. The van der Waals surface area contributed by atoms with E-state index < -0.39 is 5.91 Å².